The SMILES string of the molecule is CC(COC(=O)CCOc1ccccc1N)C(N)=O. The molecule has 0 radical (unpaired) electrons. The van der Waals surface area contributed by atoms with Crippen LogP contribution >= 0.6 is 0 Å². The first-order valence-electron chi connectivity index (χ1n) is 5.93. The van der Waals surface area contributed by atoms with E-state index in [-0.39, 0.29) is 19.6 Å². The van der Waals surface area contributed by atoms with Gasteiger partial charge in [-0.15, -0.1) is 0 Å². The number of nitrogens with two attached hydrogens (primary N) is 2. The molecular formula is C13H18N2O4. The topological polar surface area (TPSA) is 105 Å². The quantitative estimate of drug-likeness (QED) is 0.558. The predicted molar refractivity (Wildman–Crippen MR) is 70.3 cm³/mol. The normalized spacial score (nSPS) is 11.6. The van der Waals surface area contributed by atoms with Crippen LogP contribution in [-0.2, 0) is 14.3 Å². The van der Waals surface area contributed by atoms with Crippen LogP contribution in [0.25, 0.3) is 0 Å². The summed E-state index contributed by atoms with van der Waals surface area (Å²) in [6.07, 6.45) is 0.0832. The molecule has 0 spiro atoms. The van der Waals surface area contributed by atoms with Crippen LogP contribution in [0.1, 0.15) is 13.3 Å². The summed E-state index contributed by atoms with van der Waals surface area (Å²) in [5, 5.41) is 0. The molecule has 104 valence electrons. The molecule has 0 fully saturated rings. The van der Waals surface area contributed by atoms with Crippen molar-refractivity contribution >= 4 is 17.6 Å². The van der Waals surface area contributed by atoms with E-state index in [1.54, 1.807) is 31.2 Å². The van der Waals surface area contributed by atoms with Crippen molar-refractivity contribution in [1.29, 1.82) is 0 Å². The molecule has 0 saturated heterocycles. The number of primary amides is 1. The van der Waals surface area contributed by atoms with Crippen LogP contribution in [-0.4, -0.2) is 25.1 Å². The fraction of sp³-hybridized carbons (Fsp3) is 0.385. The molecule has 4 N–H and O–H groups in total. The van der Waals surface area contributed by atoms with E-state index in [4.69, 9.17) is 20.9 Å². The van der Waals surface area contributed by atoms with Crippen LogP contribution in [0.5, 0.6) is 5.75 Å². The van der Waals surface area contributed by atoms with E-state index in [1.165, 1.54) is 0 Å². The van der Waals surface area contributed by atoms with Crippen LogP contribution in [0.2, 0.25) is 0 Å². The average Bonchev–Trinajstić information content (AvgIpc) is 2.38. The van der Waals surface area contributed by atoms with Crippen LogP contribution in [0.3, 0.4) is 0 Å². The van der Waals surface area contributed by atoms with Gasteiger partial charge in [0.2, 0.25) is 5.91 Å². The molecule has 1 atom stereocenters. The second-order valence-electron chi connectivity index (χ2n) is 4.12. The monoisotopic (exact) mass is 266 g/mol. The lowest BCUT2D eigenvalue weighted by molar-refractivity contribution is -0.146. The standard InChI is InChI=1S/C13H18N2O4/c1-9(13(15)17)8-19-12(16)6-7-18-11-5-3-2-4-10(11)14/h2-5,9H,6-8,14H2,1H3,(H2,15,17). The summed E-state index contributed by atoms with van der Waals surface area (Å²) in [6.45, 7) is 1.75. The third kappa shape index (κ3) is 5.29. The van der Waals surface area contributed by atoms with Gasteiger partial charge in [0.1, 0.15) is 12.4 Å². The largest absolute Gasteiger partial charge is 0.491 e. The fourth-order valence-electron chi connectivity index (χ4n) is 1.23. The summed E-state index contributed by atoms with van der Waals surface area (Å²) in [7, 11) is 0. The Morgan fingerprint density at radius 3 is 2.63 bits per heavy atom. The molecule has 1 unspecified atom stereocenters. The van der Waals surface area contributed by atoms with Gasteiger partial charge in [-0.05, 0) is 12.1 Å². The molecule has 0 aliphatic heterocycles. The number of carbonyl (C=O) groups excluding carboxylic acids is 2. The second kappa shape index (κ2) is 7.25. The van der Waals surface area contributed by atoms with E-state index >= 15 is 0 Å². The van der Waals surface area contributed by atoms with Crippen molar-refractivity contribution < 1.29 is 19.1 Å². The number of para-hydroxylation sites is 2. The molecule has 1 aromatic carbocycles. The van der Waals surface area contributed by atoms with Crippen molar-refractivity contribution in [2.45, 2.75) is 13.3 Å². The number of hydrogen-bond donors (Lipinski definition) is 2. The lowest BCUT2D eigenvalue weighted by Crippen LogP contribution is -2.26. The molecule has 19 heavy (non-hydrogen) atoms. The van der Waals surface area contributed by atoms with E-state index in [9.17, 15) is 9.59 Å². The minimum absolute atomic E-state index is 0.0123. The van der Waals surface area contributed by atoms with Crippen molar-refractivity contribution in [3.05, 3.63) is 24.3 Å². The number of rotatable bonds is 7. The Bertz CT molecular complexity index is 448. The highest BCUT2D eigenvalue weighted by atomic mass is 16.5. The average molecular weight is 266 g/mol. The third-order valence-electron chi connectivity index (χ3n) is 2.46. The zero-order valence-corrected chi connectivity index (χ0v) is 10.8. The first-order chi connectivity index (χ1) is 9.00. The van der Waals surface area contributed by atoms with E-state index in [0.29, 0.717) is 11.4 Å². The Labute approximate surface area is 111 Å². The van der Waals surface area contributed by atoms with Gasteiger partial charge >= 0.3 is 5.97 Å². The number of anilines is 1. The molecular weight excluding hydrogens is 248 g/mol. The molecule has 0 aliphatic rings. The zero-order chi connectivity index (χ0) is 14.3. The highest BCUT2D eigenvalue weighted by Gasteiger charge is 2.12. The zero-order valence-electron chi connectivity index (χ0n) is 10.8. The number of amides is 1. The van der Waals surface area contributed by atoms with Crippen LogP contribution in [0.4, 0.5) is 5.69 Å². The van der Waals surface area contributed by atoms with Gasteiger partial charge in [0.25, 0.3) is 0 Å². The molecule has 1 amide bonds. The number of benzene rings is 1. The van der Waals surface area contributed by atoms with Crippen LogP contribution in [0.15, 0.2) is 24.3 Å². The highest BCUT2D eigenvalue weighted by molar-refractivity contribution is 5.77. The lowest BCUT2D eigenvalue weighted by Gasteiger charge is -2.10. The molecule has 1 rings (SSSR count). The van der Waals surface area contributed by atoms with Gasteiger partial charge in [-0.1, -0.05) is 19.1 Å². The number of ether oxygens (including phenoxy) is 2. The number of carbonyl (C=O) groups is 2. The number of hydrogen-bond acceptors (Lipinski definition) is 5. The van der Waals surface area contributed by atoms with Crippen molar-refractivity contribution in [3.8, 4) is 5.75 Å². The Morgan fingerprint density at radius 2 is 2.00 bits per heavy atom. The smallest absolute Gasteiger partial charge is 0.309 e. The van der Waals surface area contributed by atoms with Crippen molar-refractivity contribution in [2.24, 2.45) is 11.7 Å². The highest BCUT2D eigenvalue weighted by Crippen LogP contribution is 2.19. The van der Waals surface area contributed by atoms with Gasteiger partial charge in [-0.3, -0.25) is 9.59 Å². The summed E-state index contributed by atoms with van der Waals surface area (Å²) in [5.41, 5.74) is 11.2. The van der Waals surface area contributed by atoms with Crippen molar-refractivity contribution in [3.63, 3.8) is 0 Å². The summed E-state index contributed by atoms with van der Waals surface area (Å²) in [6, 6.07) is 7.01. The van der Waals surface area contributed by atoms with E-state index in [0.717, 1.165) is 0 Å². The first-order valence-corrected chi connectivity index (χ1v) is 5.93. The molecule has 0 aliphatic carbocycles. The maximum Gasteiger partial charge on any atom is 0.309 e. The van der Waals surface area contributed by atoms with Crippen molar-refractivity contribution in [1.82, 2.24) is 0 Å². The van der Waals surface area contributed by atoms with Gasteiger partial charge in [-0.25, -0.2) is 0 Å². The van der Waals surface area contributed by atoms with E-state index in [1.807, 2.05) is 0 Å². The van der Waals surface area contributed by atoms with Gasteiger partial charge in [0.05, 0.1) is 24.6 Å². The predicted octanol–water partition coefficient (Wildman–Crippen LogP) is 0.702. The number of esters is 1. The Morgan fingerprint density at radius 1 is 1.32 bits per heavy atom. The van der Waals surface area contributed by atoms with E-state index in [2.05, 4.69) is 0 Å². The van der Waals surface area contributed by atoms with Gasteiger partial charge in [-0.2, -0.15) is 0 Å². The maximum atomic E-state index is 11.4. The summed E-state index contributed by atoms with van der Waals surface area (Å²) in [4.78, 5) is 22.1. The molecule has 0 saturated carbocycles. The first kappa shape index (κ1) is 14.8. The Hall–Kier alpha value is -2.24. The summed E-state index contributed by atoms with van der Waals surface area (Å²) < 4.78 is 10.2. The second-order valence-corrected chi connectivity index (χ2v) is 4.12. The molecule has 0 aromatic heterocycles. The van der Waals surface area contributed by atoms with Crippen LogP contribution in [0, 0.1) is 5.92 Å². The maximum absolute atomic E-state index is 11.4. The molecule has 1 aromatic rings. The van der Waals surface area contributed by atoms with E-state index < -0.39 is 17.8 Å². The van der Waals surface area contributed by atoms with Crippen molar-refractivity contribution in [2.75, 3.05) is 18.9 Å². The molecule has 0 heterocycles. The summed E-state index contributed by atoms with van der Waals surface area (Å²) in [5.74, 6) is -0.904. The Balaban J connectivity index is 2.24. The van der Waals surface area contributed by atoms with Crippen LogP contribution < -0.4 is 16.2 Å². The third-order valence-corrected chi connectivity index (χ3v) is 2.46. The summed E-state index contributed by atoms with van der Waals surface area (Å²) >= 11 is 0. The minimum Gasteiger partial charge on any atom is -0.491 e. The lowest BCUT2D eigenvalue weighted by atomic mass is 10.2. The van der Waals surface area contributed by atoms with Gasteiger partial charge in [0.15, 0.2) is 0 Å². The molecule has 6 heteroatoms. The molecule has 6 nitrogen and oxygen atoms in total. The fourth-order valence-corrected chi connectivity index (χ4v) is 1.23. The Kier molecular flexibility index (Phi) is 5.66. The van der Waals surface area contributed by atoms with Gasteiger partial charge < -0.3 is 20.9 Å². The molecule has 0 bridgehead atoms. The minimum atomic E-state index is -0.499. The number of nitrogen functional groups attached to an aromatic ring is 1. The van der Waals surface area contributed by atoms with Gasteiger partial charge in [0, 0.05) is 0 Å².